The van der Waals surface area contributed by atoms with Crippen molar-refractivity contribution in [3.8, 4) is 0 Å². The molecule has 0 aliphatic rings. The molecule has 0 heterocycles. The van der Waals surface area contributed by atoms with Crippen LogP contribution in [0.25, 0.3) is 0 Å². The standard InChI is InChI=1S/C18H16O3/c1-2-9-16(19)21-18(15-12-7-4-8-13-15)17(20)14-10-5-3-6-11-14/h2-8,10-13,18H,1,9H2. The first-order chi connectivity index (χ1) is 10.2. The van der Waals surface area contributed by atoms with E-state index in [4.69, 9.17) is 4.74 Å². The van der Waals surface area contributed by atoms with Crippen LogP contribution in [0.2, 0.25) is 0 Å². The highest BCUT2D eigenvalue weighted by atomic mass is 16.5. The molecule has 0 aromatic heterocycles. The molecule has 0 radical (unpaired) electrons. The van der Waals surface area contributed by atoms with Crippen LogP contribution >= 0.6 is 0 Å². The maximum atomic E-state index is 12.6. The van der Waals surface area contributed by atoms with E-state index in [0.717, 1.165) is 0 Å². The summed E-state index contributed by atoms with van der Waals surface area (Å²) in [7, 11) is 0. The Labute approximate surface area is 123 Å². The summed E-state index contributed by atoms with van der Waals surface area (Å²) in [5.74, 6) is -0.706. The van der Waals surface area contributed by atoms with Crippen LogP contribution < -0.4 is 0 Å². The molecule has 2 rings (SSSR count). The molecule has 21 heavy (non-hydrogen) atoms. The van der Waals surface area contributed by atoms with Gasteiger partial charge in [-0.15, -0.1) is 6.58 Å². The summed E-state index contributed by atoms with van der Waals surface area (Å²) in [6, 6.07) is 17.8. The first kappa shape index (κ1) is 14.7. The van der Waals surface area contributed by atoms with Crippen molar-refractivity contribution in [2.75, 3.05) is 0 Å². The van der Waals surface area contributed by atoms with Crippen molar-refractivity contribution < 1.29 is 14.3 Å². The van der Waals surface area contributed by atoms with Crippen LogP contribution in [0, 0.1) is 0 Å². The van der Waals surface area contributed by atoms with Crippen molar-refractivity contribution in [1.29, 1.82) is 0 Å². The molecule has 2 aromatic rings. The molecule has 0 aliphatic carbocycles. The van der Waals surface area contributed by atoms with Gasteiger partial charge in [0, 0.05) is 11.1 Å². The Morgan fingerprint density at radius 2 is 1.57 bits per heavy atom. The smallest absolute Gasteiger partial charge is 0.310 e. The lowest BCUT2D eigenvalue weighted by Crippen LogP contribution is -2.19. The van der Waals surface area contributed by atoms with Crippen molar-refractivity contribution in [2.45, 2.75) is 12.5 Å². The zero-order valence-electron chi connectivity index (χ0n) is 11.6. The van der Waals surface area contributed by atoms with Gasteiger partial charge in [0.1, 0.15) is 0 Å². The molecule has 3 heteroatoms. The summed E-state index contributed by atoms with van der Waals surface area (Å²) in [6.45, 7) is 3.50. The van der Waals surface area contributed by atoms with Gasteiger partial charge in [0.15, 0.2) is 6.10 Å². The molecule has 0 saturated carbocycles. The van der Waals surface area contributed by atoms with Gasteiger partial charge in [0.05, 0.1) is 6.42 Å². The Kier molecular flexibility index (Phi) is 5.04. The lowest BCUT2D eigenvalue weighted by Gasteiger charge is -2.17. The van der Waals surface area contributed by atoms with Crippen LogP contribution in [-0.4, -0.2) is 11.8 Å². The third-order valence-electron chi connectivity index (χ3n) is 2.96. The van der Waals surface area contributed by atoms with Gasteiger partial charge in [-0.3, -0.25) is 9.59 Å². The van der Waals surface area contributed by atoms with Gasteiger partial charge < -0.3 is 4.74 Å². The number of carbonyl (C=O) groups is 2. The molecule has 106 valence electrons. The average Bonchev–Trinajstić information content (AvgIpc) is 2.54. The Morgan fingerprint density at radius 1 is 1.00 bits per heavy atom. The molecule has 1 unspecified atom stereocenters. The fourth-order valence-electron chi connectivity index (χ4n) is 1.95. The number of hydrogen-bond donors (Lipinski definition) is 0. The highest BCUT2D eigenvalue weighted by Gasteiger charge is 2.25. The predicted molar refractivity (Wildman–Crippen MR) is 80.9 cm³/mol. The molecular weight excluding hydrogens is 264 g/mol. The van der Waals surface area contributed by atoms with Gasteiger partial charge in [0.2, 0.25) is 5.78 Å². The lowest BCUT2D eigenvalue weighted by molar-refractivity contribution is -0.146. The molecule has 0 bridgehead atoms. The highest BCUT2D eigenvalue weighted by Crippen LogP contribution is 2.23. The minimum absolute atomic E-state index is 0.0748. The van der Waals surface area contributed by atoms with E-state index in [1.165, 1.54) is 6.08 Å². The first-order valence-electron chi connectivity index (χ1n) is 6.67. The van der Waals surface area contributed by atoms with E-state index in [-0.39, 0.29) is 12.2 Å². The topological polar surface area (TPSA) is 43.4 Å². The normalized spacial score (nSPS) is 11.4. The SMILES string of the molecule is C=CCC(=O)OC(C(=O)c1ccccc1)c1ccccc1. The molecule has 1 atom stereocenters. The van der Waals surface area contributed by atoms with Gasteiger partial charge in [0.25, 0.3) is 0 Å². The zero-order chi connectivity index (χ0) is 15.1. The zero-order valence-corrected chi connectivity index (χ0v) is 11.6. The fourth-order valence-corrected chi connectivity index (χ4v) is 1.95. The molecule has 0 amide bonds. The number of carbonyl (C=O) groups excluding carboxylic acids is 2. The van der Waals surface area contributed by atoms with Crippen molar-refractivity contribution in [2.24, 2.45) is 0 Å². The van der Waals surface area contributed by atoms with Crippen molar-refractivity contribution in [3.63, 3.8) is 0 Å². The second-order valence-corrected chi connectivity index (χ2v) is 4.50. The molecule has 0 fully saturated rings. The number of ketones is 1. The minimum atomic E-state index is -0.930. The summed E-state index contributed by atoms with van der Waals surface area (Å²) >= 11 is 0. The van der Waals surface area contributed by atoms with Crippen LogP contribution in [0.1, 0.15) is 28.4 Å². The van der Waals surface area contributed by atoms with Gasteiger partial charge >= 0.3 is 5.97 Å². The summed E-state index contributed by atoms with van der Waals surface area (Å²) in [4.78, 5) is 24.3. The number of benzene rings is 2. The van der Waals surface area contributed by atoms with Gasteiger partial charge in [-0.05, 0) is 0 Å². The molecule has 0 aliphatic heterocycles. The monoisotopic (exact) mass is 280 g/mol. The van der Waals surface area contributed by atoms with E-state index in [1.54, 1.807) is 36.4 Å². The van der Waals surface area contributed by atoms with Crippen molar-refractivity contribution >= 4 is 11.8 Å². The molecule has 3 nitrogen and oxygen atoms in total. The molecular formula is C18H16O3. The van der Waals surface area contributed by atoms with Gasteiger partial charge in [-0.1, -0.05) is 66.7 Å². The van der Waals surface area contributed by atoms with Gasteiger partial charge in [-0.25, -0.2) is 0 Å². The summed E-state index contributed by atoms with van der Waals surface area (Å²) < 4.78 is 5.33. The van der Waals surface area contributed by atoms with Crippen molar-refractivity contribution in [1.82, 2.24) is 0 Å². The molecule has 2 aromatic carbocycles. The number of hydrogen-bond acceptors (Lipinski definition) is 3. The Bertz CT molecular complexity index is 617. The van der Waals surface area contributed by atoms with E-state index in [0.29, 0.717) is 11.1 Å². The number of esters is 1. The quantitative estimate of drug-likeness (QED) is 0.460. The van der Waals surface area contributed by atoms with Crippen LogP contribution in [0.4, 0.5) is 0 Å². The van der Waals surface area contributed by atoms with E-state index in [9.17, 15) is 9.59 Å². The van der Waals surface area contributed by atoms with Crippen LogP contribution in [-0.2, 0) is 9.53 Å². The third kappa shape index (κ3) is 3.89. The van der Waals surface area contributed by atoms with E-state index in [2.05, 4.69) is 6.58 Å². The predicted octanol–water partition coefficient (Wildman–Crippen LogP) is 3.73. The Hall–Kier alpha value is -2.68. The highest BCUT2D eigenvalue weighted by molar-refractivity contribution is 6.01. The second kappa shape index (κ2) is 7.20. The number of ether oxygens (including phenoxy) is 1. The summed E-state index contributed by atoms with van der Waals surface area (Å²) in [5.41, 5.74) is 1.17. The minimum Gasteiger partial charge on any atom is -0.449 e. The van der Waals surface area contributed by atoms with E-state index >= 15 is 0 Å². The Balaban J connectivity index is 2.30. The molecule has 0 N–H and O–H groups in total. The number of Topliss-reactive ketones (excluding diaryl/α,β-unsaturated/α-hetero) is 1. The fraction of sp³-hybridized carbons (Fsp3) is 0.111. The number of rotatable bonds is 6. The summed E-state index contributed by atoms with van der Waals surface area (Å²) in [6.07, 6.45) is 0.601. The van der Waals surface area contributed by atoms with Crippen LogP contribution in [0.15, 0.2) is 73.3 Å². The maximum absolute atomic E-state index is 12.6. The van der Waals surface area contributed by atoms with E-state index in [1.807, 2.05) is 24.3 Å². The van der Waals surface area contributed by atoms with Crippen LogP contribution in [0.3, 0.4) is 0 Å². The van der Waals surface area contributed by atoms with Gasteiger partial charge in [-0.2, -0.15) is 0 Å². The van der Waals surface area contributed by atoms with E-state index < -0.39 is 12.1 Å². The molecule has 0 spiro atoms. The first-order valence-corrected chi connectivity index (χ1v) is 6.67. The largest absolute Gasteiger partial charge is 0.449 e. The van der Waals surface area contributed by atoms with Crippen molar-refractivity contribution in [3.05, 3.63) is 84.4 Å². The van der Waals surface area contributed by atoms with Crippen LogP contribution in [0.5, 0.6) is 0 Å². The third-order valence-corrected chi connectivity index (χ3v) is 2.96. The summed E-state index contributed by atoms with van der Waals surface area (Å²) in [5, 5.41) is 0. The second-order valence-electron chi connectivity index (χ2n) is 4.50. The Morgan fingerprint density at radius 3 is 2.14 bits per heavy atom. The average molecular weight is 280 g/mol. The maximum Gasteiger partial charge on any atom is 0.310 e. The molecule has 0 saturated heterocycles. The lowest BCUT2D eigenvalue weighted by atomic mass is 10.00.